The molecule has 2 nitrogen and oxygen atoms in total. The molecule has 1 heterocycles. The summed E-state index contributed by atoms with van der Waals surface area (Å²) in [6.07, 6.45) is 3.92. The molecular weight excluding hydrogens is 292 g/mol. The van der Waals surface area contributed by atoms with Crippen LogP contribution in [0.2, 0.25) is 0 Å². The first-order valence-corrected chi connectivity index (χ1v) is 9.30. The molecule has 24 heavy (non-hydrogen) atoms. The minimum absolute atomic E-state index is 0.294. The van der Waals surface area contributed by atoms with E-state index >= 15 is 0 Å². The lowest BCUT2D eigenvalue weighted by Crippen LogP contribution is -2.64. The zero-order chi connectivity index (χ0) is 16.4. The predicted octanol–water partition coefficient (Wildman–Crippen LogP) is 3.87. The van der Waals surface area contributed by atoms with Crippen LogP contribution in [0.25, 0.3) is 0 Å². The molecule has 0 amide bonds. The van der Waals surface area contributed by atoms with Gasteiger partial charge in [-0.05, 0) is 43.2 Å². The van der Waals surface area contributed by atoms with Crippen molar-refractivity contribution in [2.75, 3.05) is 13.1 Å². The van der Waals surface area contributed by atoms with E-state index in [0.717, 1.165) is 32.0 Å². The van der Waals surface area contributed by atoms with Crippen molar-refractivity contribution in [3.63, 3.8) is 0 Å². The number of piperazine rings is 1. The molecule has 4 rings (SSSR count). The Kier molecular flexibility index (Phi) is 4.43. The largest absolute Gasteiger partial charge is 0.308 e. The average molecular weight is 320 g/mol. The first-order chi connectivity index (χ1) is 11.7. The molecule has 1 aliphatic carbocycles. The highest BCUT2D eigenvalue weighted by molar-refractivity contribution is 5.19. The number of nitrogens with one attached hydrogen (secondary N) is 1. The van der Waals surface area contributed by atoms with Crippen LogP contribution in [-0.2, 0) is 13.0 Å². The van der Waals surface area contributed by atoms with Crippen LogP contribution in [0.1, 0.15) is 30.9 Å². The zero-order valence-electron chi connectivity index (χ0n) is 14.6. The van der Waals surface area contributed by atoms with E-state index in [2.05, 4.69) is 77.8 Å². The lowest BCUT2D eigenvalue weighted by Gasteiger charge is -2.47. The highest BCUT2D eigenvalue weighted by atomic mass is 15.3. The van der Waals surface area contributed by atoms with Gasteiger partial charge in [-0.1, -0.05) is 60.7 Å². The summed E-state index contributed by atoms with van der Waals surface area (Å²) >= 11 is 0. The van der Waals surface area contributed by atoms with Crippen molar-refractivity contribution >= 4 is 0 Å². The molecule has 2 unspecified atom stereocenters. The molecule has 2 atom stereocenters. The molecule has 0 bridgehead atoms. The van der Waals surface area contributed by atoms with Gasteiger partial charge in [0, 0.05) is 31.2 Å². The summed E-state index contributed by atoms with van der Waals surface area (Å²) in [5.41, 5.74) is 3.16. The summed E-state index contributed by atoms with van der Waals surface area (Å²) in [6, 6.07) is 22.4. The normalized spacial score (nSPS) is 28.0. The van der Waals surface area contributed by atoms with Crippen LogP contribution in [0.15, 0.2) is 60.7 Å². The van der Waals surface area contributed by atoms with Gasteiger partial charge >= 0.3 is 0 Å². The van der Waals surface area contributed by atoms with Gasteiger partial charge in [0.1, 0.15) is 0 Å². The predicted molar refractivity (Wildman–Crippen MR) is 99.9 cm³/mol. The molecule has 1 N–H and O–H groups in total. The number of hydrogen-bond donors (Lipinski definition) is 1. The molecule has 2 heteroatoms. The van der Waals surface area contributed by atoms with E-state index in [9.17, 15) is 0 Å². The Bertz CT molecular complexity index is 650. The molecule has 2 fully saturated rings. The molecular formula is C22H28N2. The fourth-order valence-corrected chi connectivity index (χ4v) is 4.17. The quantitative estimate of drug-likeness (QED) is 0.899. The van der Waals surface area contributed by atoms with E-state index in [-0.39, 0.29) is 0 Å². The Hall–Kier alpha value is -1.64. The van der Waals surface area contributed by atoms with Gasteiger partial charge < -0.3 is 5.32 Å². The molecule has 2 aliphatic rings. The number of benzene rings is 2. The van der Waals surface area contributed by atoms with Gasteiger partial charge in [0.15, 0.2) is 0 Å². The molecule has 1 aliphatic heterocycles. The second kappa shape index (κ2) is 6.70. The molecule has 1 saturated heterocycles. The maximum Gasteiger partial charge on any atom is 0.0309 e. The van der Waals surface area contributed by atoms with E-state index in [1.165, 1.54) is 24.0 Å². The van der Waals surface area contributed by atoms with E-state index in [1.54, 1.807) is 0 Å². The van der Waals surface area contributed by atoms with Crippen molar-refractivity contribution in [2.45, 2.75) is 44.3 Å². The van der Waals surface area contributed by atoms with Crippen molar-refractivity contribution in [1.82, 2.24) is 10.2 Å². The van der Waals surface area contributed by atoms with Gasteiger partial charge in [-0.25, -0.2) is 0 Å². The van der Waals surface area contributed by atoms with Gasteiger partial charge in [-0.15, -0.1) is 0 Å². The average Bonchev–Trinajstić information content (AvgIpc) is 3.45. The van der Waals surface area contributed by atoms with E-state index < -0.39 is 0 Å². The second-order valence-corrected chi connectivity index (χ2v) is 7.81. The lowest BCUT2D eigenvalue weighted by atomic mass is 9.89. The molecule has 1 saturated carbocycles. The van der Waals surface area contributed by atoms with Crippen LogP contribution < -0.4 is 5.32 Å². The van der Waals surface area contributed by atoms with Gasteiger partial charge in [-0.2, -0.15) is 0 Å². The Morgan fingerprint density at radius 3 is 2.21 bits per heavy atom. The third-order valence-electron chi connectivity index (χ3n) is 5.81. The lowest BCUT2D eigenvalue weighted by molar-refractivity contribution is 0.0685. The number of nitrogens with zero attached hydrogens (tertiary/aromatic N) is 1. The Morgan fingerprint density at radius 1 is 0.958 bits per heavy atom. The Labute approximate surface area is 145 Å². The van der Waals surface area contributed by atoms with Crippen LogP contribution in [-0.4, -0.2) is 29.6 Å². The monoisotopic (exact) mass is 320 g/mol. The van der Waals surface area contributed by atoms with E-state index in [1.807, 2.05) is 0 Å². The topological polar surface area (TPSA) is 15.3 Å². The van der Waals surface area contributed by atoms with Crippen molar-refractivity contribution in [2.24, 2.45) is 5.92 Å². The summed E-state index contributed by atoms with van der Waals surface area (Å²) in [6.45, 7) is 5.74. The minimum atomic E-state index is 0.294. The third kappa shape index (κ3) is 3.55. The van der Waals surface area contributed by atoms with Crippen molar-refractivity contribution in [3.05, 3.63) is 71.8 Å². The first-order valence-electron chi connectivity index (χ1n) is 9.30. The summed E-state index contributed by atoms with van der Waals surface area (Å²) in [5, 5.41) is 3.90. The number of hydrogen-bond acceptors (Lipinski definition) is 2. The highest BCUT2D eigenvalue weighted by Gasteiger charge is 2.45. The molecule has 2 aromatic carbocycles. The van der Waals surface area contributed by atoms with Gasteiger partial charge in [0.05, 0.1) is 0 Å². The zero-order valence-corrected chi connectivity index (χ0v) is 14.6. The number of rotatable bonds is 5. The van der Waals surface area contributed by atoms with Crippen molar-refractivity contribution in [1.29, 1.82) is 0 Å². The third-order valence-corrected chi connectivity index (χ3v) is 5.81. The van der Waals surface area contributed by atoms with E-state index in [0.29, 0.717) is 11.6 Å². The van der Waals surface area contributed by atoms with Crippen LogP contribution in [0.3, 0.4) is 0 Å². The SMILES string of the molecule is CC1(C2CC2)CN(Cc2ccccc2)C(Cc2ccccc2)CN1. The van der Waals surface area contributed by atoms with Crippen molar-refractivity contribution in [3.8, 4) is 0 Å². The first kappa shape index (κ1) is 15.9. The molecule has 126 valence electrons. The Morgan fingerprint density at radius 2 is 1.58 bits per heavy atom. The van der Waals surface area contributed by atoms with Crippen molar-refractivity contribution < 1.29 is 0 Å². The Balaban J connectivity index is 1.52. The van der Waals surface area contributed by atoms with Crippen LogP contribution in [0.4, 0.5) is 0 Å². The highest BCUT2D eigenvalue weighted by Crippen LogP contribution is 2.41. The summed E-state index contributed by atoms with van der Waals surface area (Å²) in [7, 11) is 0. The van der Waals surface area contributed by atoms with Gasteiger partial charge in [0.2, 0.25) is 0 Å². The maximum atomic E-state index is 3.90. The molecule has 0 radical (unpaired) electrons. The maximum absolute atomic E-state index is 3.90. The standard InChI is InChI=1S/C22H28N2/c1-22(20-12-13-20)17-24(16-19-10-6-3-7-11-19)21(15-23-22)14-18-8-4-2-5-9-18/h2-11,20-21,23H,12-17H2,1H3. The van der Waals surface area contributed by atoms with Gasteiger partial charge in [0.25, 0.3) is 0 Å². The van der Waals surface area contributed by atoms with Crippen LogP contribution in [0, 0.1) is 5.92 Å². The summed E-state index contributed by atoms with van der Waals surface area (Å²) in [4.78, 5) is 2.72. The van der Waals surface area contributed by atoms with Crippen LogP contribution >= 0.6 is 0 Å². The second-order valence-electron chi connectivity index (χ2n) is 7.81. The molecule has 0 spiro atoms. The van der Waals surface area contributed by atoms with Crippen LogP contribution in [0.5, 0.6) is 0 Å². The van der Waals surface area contributed by atoms with E-state index in [4.69, 9.17) is 0 Å². The fraction of sp³-hybridized carbons (Fsp3) is 0.455. The summed E-state index contributed by atoms with van der Waals surface area (Å²) < 4.78 is 0. The minimum Gasteiger partial charge on any atom is -0.308 e. The smallest absolute Gasteiger partial charge is 0.0309 e. The molecule has 2 aromatic rings. The molecule has 0 aromatic heterocycles. The van der Waals surface area contributed by atoms with Gasteiger partial charge in [-0.3, -0.25) is 4.90 Å². The summed E-state index contributed by atoms with van der Waals surface area (Å²) in [5.74, 6) is 0.869. The fourth-order valence-electron chi connectivity index (χ4n) is 4.17.